The number of hydrogen-bond donors (Lipinski definition) is 2. The van der Waals surface area contributed by atoms with E-state index in [1.54, 1.807) is 6.07 Å². The van der Waals surface area contributed by atoms with Gasteiger partial charge in [0.15, 0.2) is 0 Å². The number of rotatable bonds is 7. The first-order valence-corrected chi connectivity index (χ1v) is 6.86. The highest BCUT2D eigenvalue weighted by atomic mass is 79.9. The highest BCUT2D eigenvalue weighted by Crippen LogP contribution is 2.17. The number of hydrazine groups is 1. The van der Waals surface area contributed by atoms with Gasteiger partial charge in [-0.15, -0.1) is 0 Å². The summed E-state index contributed by atoms with van der Waals surface area (Å²) in [6, 6.07) is 5.18. The average molecular weight is 303 g/mol. The zero-order chi connectivity index (χ0) is 12.7. The topological polar surface area (TPSA) is 38.0 Å². The van der Waals surface area contributed by atoms with Crippen molar-refractivity contribution in [2.45, 2.75) is 45.1 Å². The summed E-state index contributed by atoms with van der Waals surface area (Å²) in [5, 5.41) is 0. The lowest BCUT2D eigenvalue weighted by Gasteiger charge is -2.16. The van der Waals surface area contributed by atoms with Gasteiger partial charge in [-0.2, -0.15) is 0 Å². The monoisotopic (exact) mass is 302 g/mol. The molecule has 0 fully saturated rings. The second-order valence-corrected chi connectivity index (χ2v) is 5.26. The molecule has 0 radical (unpaired) electrons. The Morgan fingerprint density at radius 2 is 2.12 bits per heavy atom. The highest BCUT2D eigenvalue weighted by Gasteiger charge is 2.08. The molecule has 96 valence electrons. The van der Waals surface area contributed by atoms with E-state index in [4.69, 9.17) is 5.84 Å². The van der Waals surface area contributed by atoms with Crippen LogP contribution in [-0.4, -0.2) is 6.04 Å². The van der Waals surface area contributed by atoms with Gasteiger partial charge in [0.1, 0.15) is 5.82 Å². The average Bonchev–Trinajstić information content (AvgIpc) is 2.26. The predicted molar refractivity (Wildman–Crippen MR) is 73.1 cm³/mol. The van der Waals surface area contributed by atoms with Crippen LogP contribution in [0.5, 0.6) is 0 Å². The molecule has 1 atom stereocenters. The van der Waals surface area contributed by atoms with Gasteiger partial charge in [0.25, 0.3) is 0 Å². The van der Waals surface area contributed by atoms with Crippen molar-refractivity contribution in [1.82, 2.24) is 5.43 Å². The predicted octanol–water partition coefficient (Wildman–Crippen LogP) is 3.54. The number of halogens is 2. The van der Waals surface area contributed by atoms with Gasteiger partial charge in [-0.05, 0) is 36.6 Å². The SMILES string of the molecule is CCCCCC(Cc1cc(F)cc(Br)c1)NN. The van der Waals surface area contributed by atoms with Crippen LogP contribution in [0.25, 0.3) is 0 Å². The van der Waals surface area contributed by atoms with Gasteiger partial charge >= 0.3 is 0 Å². The molecule has 1 aromatic rings. The van der Waals surface area contributed by atoms with E-state index in [2.05, 4.69) is 28.3 Å². The van der Waals surface area contributed by atoms with Crippen LogP contribution in [0, 0.1) is 5.82 Å². The van der Waals surface area contributed by atoms with Crippen LogP contribution in [0.2, 0.25) is 0 Å². The molecule has 0 saturated heterocycles. The van der Waals surface area contributed by atoms with Crippen LogP contribution in [0.4, 0.5) is 4.39 Å². The first kappa shape index (κ1) is 14.6. The Bertz CT molecular complexity index is 324. The summed E-state index contributed by atoms with van der Waals surface area (Å²) in [5.74, 6) is 5.31. The zero-order valence-electron chi connectivity index (χ0n) is 10.2. The standard InChI is InChI=1S/C13H20BrFN2/c1-2-3-4-5-13(17-16)8-10-6-11(14)9-12(15)7-10/h6-7,9,13,17H,2-5,8,16H2,1H3. The van der Waals surface area contributed by atoms with E-state index in [1.165, 1.54) is 18.9 Å². The Kier molecular flexibility index (Phi) is 6.70. The molecular weight excluding hydrogens is 283 g/mol. The molecule has 17 heavy (non-hydrogen) atoms. The molecule has 2 nitrogen and oxygen atoms in total. The van der Waals surface area contributed by atoms with Gasteiger partial charge in [0, 0.05) is 10.5 Å². The Balaban J connectivity index is 2.54. The Labute approximate surface area is 111 Å². The van der Waals surface area contributed by atoms with Crippen molar-refractivity contribution in [3.05, 3.63) is 34.1 Å². The van der Waals surface area contributed by atoms with Crippen molar-refractivity contribution >= 4 is 15.9 Å². The molecule has 0 heterocycles. The molecule has 0 aromatic heterocycles. The Morgan fingerprint density at radius 3 is 2.71 bits per heavy atom. The van der Waals surface area contributed by atoms with Gasteiger partial charge in [-0.1, -0.05) is 42.1 Å². The van der Waals surface area contributed by atoms with Crippen molar-refractivity contribution in [2.24, 2.45) is 5.84 Å². The molecule has 1 unspecified atom stereocenters. The van der Waals surface area contributed by atoms with Crippen molar-refractivity contribution < 1.29 is 4.39 Å². The van der Waals surface area contributed by atoms with Crippen LogP contribution >= 0.6 is 15.9 Å². The number of unbranched alkanes of at least 4 members (excludes halogenated alkanes) is 2. The van der Waals surface area contributed by atoms with Gasteiger partial charge in [0.05, 0.1) is 0 Å². The minimum Gasteiger partial charge on any atom is -0.271 e. The molecular formula is C13H20BrFN2. The summed E-state index contributed by atoms with van der Waals surface area (Å²) in [6.45, 7) is 2.18. The third-order valence-electron chi connectivity index (χ3n) is 2.80. The van der Waals surface area contributed by atoms with Gasteiger partial charge < -0.3 is 0 Å². The van der Waals surface area contributed by atoms with Gasteiger partial charge in [-0.25, -0.2) is 4.39 Å². The fraction of sp³-hybridized carbons (Fsp3) is 0.538. The minimum atomic E-state index is -0.210. The summed E-state index contributed by atoms with van der Waals surface area (Å²) in [4.78, 5) is 0. The molecule has 0 saturated carbocycles. The Morgan fingerprint density at radius 1 is 1.35 bits per heavy atom. The first-order chi connectivity index (χ1) is 8.15. The summed E-state index contributed by atoms with van der Waals surface area (Å²) < 4.78 is 14.0. The molecule has 0 bridgehead atoms. The molecule has 1 rings (SSSR count). The summed E-state index contributed by atoms with van der Waals surface area (Å²) in [7, 11) is 0. The van der Waals surface area contributed by atoms with Crippen molar-refractivity contribution in [1.29, 1.82) is 0 Å². The number of hydrogen-bond acceptors (Lipinski definition) is 2. The Hall–Kier alpha value is -0.450. The number of nitrogens with two attached hydrogens (primary N) is 1. The van der Waals surface area contributed by atoms with Crippen LogP contribution in [0.3, 0.4) is 0 Å². The highest BCUT2D eigenvalue weighted by molar-refractivity contribution is 9.10. The third-order valence-corrected chi connectivity index (χ3v) is 3.25. The van der Waals surface area contributed by atoms with Crippen LogP contribution in [0.15, 0.2) is 22.7 Å². The van der Waals surface area contributed by atoms with Crippen LogP contribution in [0.1, 0.15) is 38.2 Å². The summed E-state index contributed by atoms with van der Waals surface area (Å²) in [6.07, 6.45) is 5.35. The quantitative estimate of drug-likeness (QED) is 0.459. The molecule has 0 amide bonds. The van der Waals surface area contributed by atoms with E-state index in [1.807, 2.05) is 6.07 Å². The van der Waals surface area contributed by atoms with E-state index in [0.717, 1.165) is 29.3 Å². The molecule has 0 aliphatic heterocycles. The number of benzene rings is 1. The maximum atomic E-state index is 13.2. The molecule has 4 heteroatoms. The zero-order valence-corrected chi connectivity index (χ0v) is 11.8. The van der Waals surface area contributed by atoms with E-state index >= 15 is 0 Å². The lowest BCUT2D eigenvalue weighted by Crippen LogP contribution is -2.36. The van der Waals surface area contributed by atoms with E-state index < -0.39 is 0 Å². The molecule has 3 N–H and O–H groups in total. The van der Waals surface area contributed by atoms with Crippen LogP contribution in [-0.2, 0) is 6.42 Å². The second kappa shape index (κ2) is 7.80. The fourth-order valence-electron chi connectivity index (χ4n) is 1.90. The van der Waals surface area contributed by atoms with E-state index in [-0.39, 0.29) is 11.9 Å². The minimum absolute atomic E-state index is 0.210. The molecule has 0 aliphatic rings. The third kappa shape index (κ3) is 5.61. The summed E-state index contributed by atoms with van der Waals surface area (Å²) in [5.41, 5.74) is 3.78. The lowest BCUT2D eigenvalue weighted by atomic mass is 10.0. The normalized spacial score (nSPS) is 12.7. The number of nitrogens with one attached hydrogen (secondary N) is 1. The van der Waals surface area contributed by atoms with Crippen LogP contribution < -0.4 is 11.3 Å². The van der Waals surface area contributed by atoms with E-state index in [9.17, 15) is 4.39 Å². The van der Waals surface area contributed by atoms with E-state index in [0.29, 0.717) is 0 Å². The summed E-state index contributed by atoms with van der Waals surface area (Å²) >= 11 is 3.30. The van der Waals surface area contributed by atoms with Gasteiger partial charge in [-0.3, -0.25) is 11.3 Å². The van der Waals surface area contributed by atoms with Gasteiger partial charge in [0.2, 0.25) is 0 Å². The molecule has 0 spiro atoms. The second-order valence-electron chi connectivity index (χ2n) is 4.34. The lowest BCUT2D eigenvalue weighted by molar-refractivity contribution is 0.466. The van der Waals surface area contributed by atoms with Crippen molar-refractivity contribution in [3.8, 4) is 0 Å². The fourth-order valence-corrected chi connectivity index (χ4v) is 2.41. The first-order valence-electron chi connectivity index (χ1n) is 6.06. The van der Waals surface area contributed by atoms with Crippen molar-refractivity contribution in [2.75, 3.05) is 0 Å². The smallest absolute Gasteiger partial charge is 0.124 e. The van der Waals surface area contributed by atoms with Crippen molar-refractivity contribution in [3.63, 3.8) is 0 Å². The molecule has 0 aliphatic carbocycles. The maximum absolute atomic E-state index is 13.2. The maximum Gasteiger partial charge on any atom is 0.124 e. The molecule has 1 aromatic carbocycles. The largest absolute Gasteiger partial charge is 0.271 e.